The number of sulfonamides is 1. The molecule has 10 heteroatoms. The second-order valence-electron chi connectivity index (χ2n) is 7.21. The molecule has 4 rings (SSSR count). The van der Waals surface area contributed by atoms with E-state index in [-0.39, 0.29) is 15.8 Å². The molecular weight excluding hydrogens is 446 g/mol. The van der Waals surface area contributed by atoms with Gasteiger partial charge in [-0.3, -0.25) is 9.52 Å². The fourth-order valence-corrected chi connectivity index (χ4v) is 5.50. The number of aryl methyl sites for hydroxylation is 1. The standard InChI is InChI=1S/C22H21N5O3S2/c1-15-3-7-18(8-4-15)26-32(29,30)20-11-12-31-21(20)22(28)25-16(2)17-5-9-19(10-6-17)27-14-23-13-24-27/h3-14,16,26H,1-2H3,(H,25,28). The average Bonchev–Trinajstić information content (AvgIpc) is 3.48. The molecule has 0 radical (unpaired) electrons. The summed E-state index contributed by atoms with van der Waals surface area (Å²) in [5.41, 5.74) is 3.18. The number of benzene rings is 2. The van der Waals surface area contributed by atoms with Crippen molar-refractivity contribution in [3.05, 3.63) is 88.6 Å². The van der Waals surface area contributed by atoms with E-state index in [1.165, 1.54) is 12.4 Å². The highest BCUT2D eigenvalue weighted by Crippen LogP contribution is 2.26. The normalized spacial score (nSPS) is 12.3. The van der Waals surface area contributed by atoms with Gasteiger partial charge in [-0.1, -0.05) is 29.8 Å². The van der Waals surface area contributed by atoms with Gasteiger partial charge in [-0.15, -0.1) is 11.3 Å². The summed E-state index contributed by atoms with van der Waals surface area (Å²) in [5.74, 6) is -0.447. The maximum atomic E-state index is 12.9. The molecule has 164 valence electrons. The summed E-state index contributed by atoms with van der Waals surface area (Å²) >= 11 is 1.09. The van der Waals surface area contributed by atoms with Crippen LogP contribution in [0.25, 0.3) is 5.69 Å². The van der Waals surface area contributed by atoms with Crippen LogP contribution in [0.5, 0.6) is 0 Å². The molecule has 0 aliphatic carbocycles. The van der Waals surface area contributed by atoms with Crippen LogP contribution < -0.4 is 10.0 Å². The van der Waals surface area contributed by atoms with E-state index in [2.05, 4.69) is 20.1 Å². The number of nitrogens with zero attached hydrogens (tertiary/aromatic N) is 3. The number of anilines is 1. The van der Waals surface area contributed by atoms with Gasteiger partial charge in [0, 0.05) is 5.69 Å². The molecule has 8 nitrogen and oxygen atoms in total. The van der Waals surface area contributed by atoms with Crippen molar-refractivity contribution in [2.45, 2.75) is 24.8 Å². The van der Waals surface area contributed by atoms with Crippen LogP contribution in [0.4, 0.5) is 5.69 Å². The number of carbonyl (C=O) groups excluding carboxylic acids is 1. The summed E-state index contributed by atoms with van der Waals surface area (Å²) < 4.78 is 29.9. The molecular formula is C22H21N5O3S2. The van der Waals surface area contributed by atoms with Crippen LogP contribution in [-0.2, 0) is 10.0 Å². The number of rotatable bonds is 7. The minimum absolute atomic E-state index is 0.0469. The van der Waals surface area contributed by atoms with Gasteiger partial charge in [0.1, 0.15) is 22.4 Å². The minimum atomic E-state index is -3.91. The Bertz CT molecular complexity index is 1310. The molecule has 1 amide bonds. The lowest BCUT2D eigenvalue weighted by atomic mass is 10.1. The second kappa shape index (κ2) is 8.93. The summed E-state index contributed by atoms with van der Waals surface area (Å²) in [7, 11) is -3.91. The third kappa shape index (κ3) is 4.71. The monoisotopic (exact) mass is 467 g/mol. The highest BCUT2D eigenvalue weighted by atomic mass is 32.2. The summed E-state index contributed by atoms with van der Waals surface area (Å²) in [6.45, 7) is 3.76. The first-order chi connectivity index (χ1) is 15.3. The topological polar surface area (TPSA) is 106 Å². The van der Waals surface area contributed by atoms with Crippen molar-refractivity contribution in [2.75, 3.05) is 4.72 Å². The Kier molecular flexibility index (Phi) is 6.06. The molecule has 2 heterocycles. The van der Waals surface area contributed by atoms with Crippen molar-refractivity contribution in [3.63, 3.8) is 0 Å². The van der Waals surface area contributed by atoms with E-state index in [9.17, 15) is 13.2 Å². The summed E-state index contributed by atoms with van der Waals surface area (Å²) in [5, 5.41) is 8.56. The van der Waals surface area contributed by atoms with E-state index in [0.29, 0.717) is 5.69 Å². The number of amides is 1. The van der Waals surface area contributed by atoms with Gasteiger partial charge < -0.3 is 5.32 Å². The number of hydrogen-bond donors (Lipinski definition) is 2. The van der Waals surface area contributed by atoms with Crippen molar-refractivity contribution in [3.8, 4) is 5.69 Å². The summed E-state index contributed by atoms with van der Waals surface area (Å²) in [6, 6.07) is 15.6. The van der Waals surface area contributed by atoms with Crippen LogP contribution in [0.3, 0.4) is 0 Å². The summed E-state index contributed by atoms with van der Waals surface area (Å²) in [6.07, 6.45) is 3.06. The smallest absolute Gasteiger partial charge is 0.263 e. The van der Waals surface area contributed by atoms with Gasteiger partial charge >= 0.3 is 0 Å². The highest BCUT2D eigenvalue weighted by Gasteiger charge is 2.25. The van der Waals surface area contributed by atoms with Gasteiger partial charge in [0.15, 0.2) is 0 Å². The number of hydrogen-bond acceptors (Lipinski definition) is 6. The second-order valence-corrected chi connectivity index (χ2v) is 9.78. The number of thiophene rings is 1. The van der Waals surface area contributed by atoms with Crippen LogP contribution in [0.2, 0.25) is 0 Å². The molecule has 32 heavy (non-hydrogen) atoms. The fourth-order valence-electron chi connectivity index (χ4n) is 3.11. The average molecular weight is 468 g/mol. The van der Waals surface area contributed by atoms with Crippen LogP contribution >= 0.6 is 11.3 Å². The lowest BCUT2D eigenvalue weighted by molar-refractivity contribution is 0.0941. The molecule has 1 atom stereocenters. The van der Waals surface area contributed by atoms with Crippen LogP contribution in [0.1, 0.15) is 33.8 Å². The van der Waals surface area contributed by atoms with E-state index in [4.69, 9.17) is 0 Å². The molecule has 0 bridgehead atoms. The summed E-state index contributed by atoms with van der Waals surface area (Å²) in [4.78, 5) is 16.9. The molecule has 0 aliphatic rings. The molecule has 2 N–H and O–H groups in total. The van der Waals surface area contributed by atoms with Gasteiger partial charge in [0.05, 0.1) is 11.7 Å². The Hall–Kier alpha value is -3.50. The molecule has 0 fully saturated rings. The maximum Gasteiger partial charge on any atom is 0.263 e. The third-order valence-electron chi connectivity index (χ3n) is 4.85. The zero-order valence-electron chi connectivity index (χ0n) is 17.4. The maximum absolute atomic E-state index is 12.9. The van der Waals surface area contributed by atoms with Gasteiger partial charge in [-0.2, -0.15) is 5.10 Å². The third-order valence-corrected chi connectivity index (χ3v) is 7.32. The Labute approximate surface area is 190 Å². The first-order valence-corrected chi connectivity index (χ1v) is 12.1. The van der Waals surface area contributed by atoms with Crippen LogP contribution in [0, 0.1) is 6.92 Å². The van der Waals surface area contributed by atoms with Crippen molar-refractivity contribution >= 4 is 33.0 Å². The highest BCUT2D eigenvalue weighted by molar-refractivity contribution is 7.93. The zero-order chi connectivity index (χ0) is 22.7. The Morgan fingerprint density at radius 1 is 1.06 bits per heavy atom. The molecule has 0 saturated heterocycles. The lowest BCUT2D eigenvalue weighted by Crippen LogP contribution is -2.27. The van der Waals surface area contributed by atoms with E-state index >= 15 is 0 Å². The quantitative estimate of drug-likeness (QED) is 0.428. The van der Waals surface area contributed by atoms with Crippen molar-refractivity contribution in [1.82, 2.24) is 20.1 Å². The molecule has 0 aliphatic heterocycles. The van der Waals surface area contributed by atoms with Gasteiger partial charge in [-0.25, -0.2) is 18.1 Å². The fraction of sp³-hybridized carbons (Fsp3) is 0.136. The minimum Gasteiger partial charge on any atom is -0.345 e. The van der Waals surface area contributed by atoms with E-state index in [1.54, 1.807) is 28.5 Å². The molecule has 1 unspecified atom stereocenters. The van der Waals surface area contributed by atoms with E-state index in [0.717, 1.165) is 28.2 Å². The van der Waals surface area contributed by atoms with E-state index in [1.807, 2.05) is 50.2 Å². The molecule has 0 spiro atoms. The van der Waals surface area contributed by atoms with Crippen molar-refractivity contribution < 1.29 is 13.2 Å². The number of aromatic nitrogens is 3. The lowest BCUT2D eigenvalue weighted by Gasteiger charge is -2.15. The molecule has 2 aromatic heterocycles. The Morgan fingerprint density at radius 2 is 1.78 bits per heavy atom. The van der Waals surface area contributed by atoms with Gasteiger partial charge in [0.25, 0.3) is 15.9 Å². The molecule has 2 aromatic carbocycles. The molecule has 4 aromatic rings. The predicted molar refractivity (Wildman–Crippen MR) is 124 cm³/mol. The Morgan fingerprint density at radius 3 is 2.44 bits per heavy atom. The van der Waals surface area contributed by atoms with Crippen LogP contribution in [0.15, 0.2) is 77.5 Å². The largest absolute Gasteiger partial charge is 0.345 e. The first kappa shape index (κ1) is 21.7. The zero-order valence-corrected chi connectivity index (χ0v) is 19.0. The van der Waals surface area contributed by atoms with E-state index < -0.39 is 15.9 Å². The van der Waals surface area contributed by atoms with Gasteiger partial charge in [-0.05, 0) is 55.1 Å². The van der Waals surface area contributed by atoms with Gasteiger partial charge in [0.2, 0.25) is 0 Å². The Balaban J connectivity index is 1.48. The van der Waals surface area contributed by atoms with Crippen LogP contribution in [-0.4, -0.2) is 29.1 Å². The molecule has 0 saturated carbocycles. The number of carbonyl (C=O) groups is 1. The predicted octanol–water partition coefficient (Wildman–Crippen LogP) is 3.93. The van der Waals surface area contributed by atoms with Crippen molar-refractivity contribution in [2.24, 2.45) is 0 Å². The van der Waals surface area contributed by atoms with Crippen molar-refractivity contribution in [1.29, 1.82) is 0 Å². The SMILES string of the molecule is Cc1ccc(NS(=O)(=O)c2ccsc2C(=O)NC(C)c2ccc(-n3cncn3)cc2)cc1. The number of nitrogens with one attached hydrogen (secondary N) is 2. The first-order valence-electron chi connectivity index (χ1n) is 9.76.